The van der Waals surface area contributed by atoms with Gasteiger partial charge in [0.1, 0.15) is 0 Å². The van der Waals surface area contributed by atoms with Crippen LogP contribution in [0.15, 0.2) is 42.5 Å². The first kappa shape index (κ1) is 15.6. The topological polar surface area (TPSA) is 47.6 Å². The first-order valence-electron chi connectivity index (χ1n) is 6.51. The van der Waals surface area contributed by atoms with Crippen molar-refractivity contribution in [1.29, 1.82) is 0 Å². The number of rotatable bonds is 5. The zero-order chi connectivity index (χ0) is 15.2. The van der Waals surface area contributed by atoms with Crippen molar-refractivity contribution >= 4 is 34.2 Å². The highest BCUT2D eigenvalue weighted by Gasteiger charge is 2.09. The predicted octanol–water partition coefficient (Wildman–Crippen LogP) is 3.95. The number of methoxy groups -OCH3 is 1. The number of ether oxygens (including phenoxy) is 2. The maximum absolute atomic E-state index is 12.2. The van der Waals surface area contributed by atoms with Crippen LogP contribution in [0.3, 0.4) is 0 Å². The van der Waals surface area contributed by atoms with Gasteiger partial charge in [-0.05, 0) is 65.9 Å². The summed E-state index contributed by atoms with van der Waals surface area (Å²) in [5.41, 5.74) is 1.28. The number of halogens is 1. The molecule has 0 aliphatic carbocycles. The van der Waals surface area contributed by atoms with Gasteiger partial charge in [-0.25, -0.2) is 0 Å². The molecule has 0 bridgehead atoms. The summed E-state index contributed by atoms with van der Waals surface area (Å²) in [6.07, 6.45) is 0. The highest BCUT2D eigenvalue weighted by atomic mass is 127. The molecule has 0 spiro atoms. The lowest BCUT2D eigenvalue weighted by Gasteiger charge is -2.12. The van der Waals surface area contributed by atoms with Crippen LogP contribution in [0, 0.1) is 3.57 Å². The molecule has 110 valence electrons. The Labute approximate surface area is 137 Å². The molecule has 0 saturated carbocycles. The minimum Gasteiger partial charge on any atom is -0.493 e. The Balaban J connectivity index is 2.17. The third-order valence-corrected chi connectivity index (χ3v) is 3.55. The van der Waals surface area contributed by atoms with Crippen molar-refractivity contribution in [1.82, 2.24) is 0 Å². The molecule has 2 aromatic carbocycles. The second-order valence-corrected chi connectivity index (χ2v) is 5.51. The van der Waals surface area contributed by atoms with Gasteiger partial charge in [-0.2, -0.15) is 0 Å². The second kappa shape index (κ2) is 7.31. The highest BCUT2D eigenvalue weighted by Crippen LogP contribution is 2.30. The third kappa shape index (κ3) is 4.10. The van der Waals surface area contributed by atoms with E-state index in [0.717, 1.165) is 3.57 Å². The Morgan fingerprint density at radius 3 is 2.48 bits per heavy atom. The van der Waals surface area contributed by atoms with E-state index in [2.05, 4.69) is 27.9 Å². The van der Waals surface area contributed by atoms with E-state index >= 15 is 0 Å². The standard InChI is InChI=1S/C16H16INO3/c1-3-21-15-10-13(8-9-14(15)20-2)18-16(19)11-4-6-12(17)7-5-11/h4-10H,3H2,1-2H3,(H,18,19). The zero-order valence-electron chi connectivity index (χ0n) is 11.9. The summed E-state index contributed by atoms with van der Waals surface area (Å²) in [7, 11) is 1.59. The van der Waals surface area contributed by atoms with Crippen LogP contribution >= 0.6 is 22.6 Å². The van der Waals surface area contributed by atoms with Crippen LogP contribution in [-0.2, 0) is 0 Å². The van der Waals surface area contributed by atoms with Crippen molar-refractivity contribution in [2.75, 3.05) is 19.0 Å². The van der Waals surface area contributed by atoms with E-state index in [4.69, 9.17) is 9.47 Å². The fraction of sp³-hybridized carbons (Fsp3) is 0.188. The molecule has 0 radical (unpaired) electrons. The first-order valence-corrected chi connectivity index (χ1v) is 7.59. The molecule has 1 N–H and O–H groups in total. The Kier molecular flexibility index (Phi) is 5.44. The average Bonchev–Trinajstić information content (AvgIpc) is 2.48. The normalized spacial score (nSPS) is 10.0. The van der Waals surface area contributed by atoms with Crippen molar-refractivity contribution in [3.05, 3.63) is 51.6 Å². The summed E-state index contributed by atoms with van der Waals surface area (Å²) in [5.74, 6) is 1.10. The van der Waals surface area contributed by atoms with Crippen molar-refractivity contribution in [2.24, 2.45) is 0 Å². The van der Waals surface area contributed by atoms with E-state index in [-0.39, 0.29) is 5.91 Å². The molecule has 5 heteroatoms. The molecule has 0 fully saturated rings. The number of hydrogen-bond donors (Lipinski definition) is 1. The van der Waals surface area contributed by atoms with Gasteiger partial charge in [0.2, 0.25) is 0 Å². The van der Waals surface area contributed by atoms with Crippen LogP contribution in [0.5, 0.6) is 11.5 Å². The summed E-state index contributed by atoms with van der Waals surface area (Å²) < 4.78 is 11.8. The summed E-state index contributed by atoms with van der Waals surface area (Å²) in [4.78, 5) is 12.2. The lowest BCUT2D eigenvalue weighted by Crippen LogP contribution is -2.12. The smallest absolute Gasteiger partial charge is 0.255 e. The van der Waals surface area contributed by atoms with E-state index in [1.165, 1.54) is 0 Å². The summed E-state index contributed by atoms with van der Waals surface area (Å²) in [5, 5.41) is 2.85. The van der Waals surface area contributed by atoms with E-state index in [0.29, 0.717) is 29.4 Å². The number of hydrogen-bond acceptors (Lipinski definition) is 3. The second-order valence-electron chi connectivity index (χ2n) is 4.26. The van der Waals surface area contributed by atoms with E-state index < -0.39 is 0 Å². The van der Waals surface area contributed by atoms with Crippen LogP contribution < -0.4 is 14.8 Å². The molecule has 0 aliphatic heterocycles. The van der Waals surface area contributed by atoms with Crippen molar-refractivity contribution < 1.29 is 14.3 Å². The van der Waals surface area contributed by atoms with Crippen LogP contribution in [0.4, 0.5) is 5.69 Å². The molecular formula is C16H16INO3. The largest absolute Gasteiger partial charge is 0.493 e. The molecule has 2 aromatic rings. The summed E-state index contributed by atoms with van der Waals surface area (Å²) in [6.45, 7) is 2.43. The molecule has 4 nitrogen and oxygen atoms in total. The molecule has 0 unspecified atom stereocenters. The molecule has 1 amide bonds. The number of anilines is 1. The molecule has 0 saturated heterocycles. The molecule has 21 heavy (non-hydrogen) atoms. The number of carbonyl (C=O) groups is 1. The minimum absolute atomic E-state index is 0.154. The van der Waals surface area contributed by atoms with Gasteiger partial charge in [-0.1, -0.05) is 0 Å². The van der Waals surface area contributed by atoms with E-state index in [9.17, 15) is 4.79 Å². The number of carbonyl (C=O) groups excluding carboxylic acids is 1. The number of benzene rings is 2. The van der Waals surface area contributed by atoms with Gasteiger partial charge in [0.25, 0.3) is 5.91 Å². The van der Waals surface area contributed by atoms with Gasteiger partial charge in [-0.3, -0.25) is 4.79 Å². The van der Waals surface area contributed by atoms with Crippen LogP contribution in [0.1, 0.15) is 17.3 Å². The van der Waals surface area contributed by atoms with Crippen molar-refractivity contribution in [2.45, 2.75) is 6.92 Å². The van der Waals surface area contributed by atoms with Crippen LogP contribution in [0.2, 0.25) is 0 Å². The Morgan fingerprint density at radius 2 is 1.86 bits per heavy atom. The number of amides is 1. The van der Waals surface area contributed by atoms with Gasteiger partial charge >= 0.3 is 0 Å². The van der Waals surface area contributed by atoms with Gasteiger partial charge in [-0.15, -0.1) is 0 Å². The van der Waals surface area contributed by atoms with Crippen molar-refractivity contribution in [3.63, 3.8) is 0 Å². The van der Waals surface area contributed by atoms with E-state index in [1.807, 2.05) is 19.1 Å². The third-order valence-electron chi connectivity index (χ3n) is 2.83. The van der Waals surface area contributed by atoms with Crippen LogP contribution in [-0.4, -0.2) is 19.6 Å². The molecule has 0 aromatic heterocycles. The average molecular weight is 397 g/mol. The SMILES string of the molecule is CCOc1cc(NC(=O)c2ccc(I)cc2)ccc1OC. The maximum Gasteiger partial charge on any atom is 0.255 e. The zero-order valence-corrected chi connectivity index (χ0v) is 14.0. The number of nitrogens with one attached hydrogen (secondary N) is 1. The summed E-state index contributed by atoms with van der Waals surface area (Å²) in [6, 6.07) is 12.7. The molecule has 2 rings (SSSR count). The fourth-order valence-electron chi connectivity index (χ4n) is 1.83. The van der Waals surface area contributed by atoms with Gasteiger partial charge in [0, 0.05) is 20.9 Å². The lowest BCUT2D eigenvalue weighted by atomic mass is 10.2. The predicted molar refractivity (Wildman–Crippen MR) is 91.3 cm³/mol. The van der Waals surface area contributed by atoms with E-state index in [1.54, 1.807) is 37.4 Å². The highest BCUT2D eigenvalue weighted by molar-refractivity contribution is 14.1. The van der Waals surface area contributed by atoms with Gasteiger partial charge < -0.3 is 14.8 Å². The Morgan fingerprint density at radius 1 is 1.14 bits per heavy atom. The molecule has 0 heterocycles. The summed E-state index contributed by atoms with van der Waals surface area (Å²) >= 11 is 2.20. The maximum atomic E-state index is 12.2. The minimum atomic E-state index is -0.154. The molecular weight excluding hydrogens is 381 g/mol. The lowest BCUT2D eigenvalue weighted by molar-refractivity contribution is 0.102. The molecule has 0 aliphatic rings. The van der Waals surface area contributed by atoms with Gasteiger partial charge in [0.05, 0.1) is 13.7 Å². The van der Waals surface area contributed by atoms with Crippen molar-refractivity contribution in [3.8, 4) is 11.5 Å². The monoisotopic (exact) mass is 397 g/mol. The Bertz CT molecular complexity index is 626. The Hall–Kier alpha value is -1.76. The molecule has 0 atom stereocenters. The fourth-order valence-corrected chi connectivity index (χ4v) is 2.19. The first-order chi connectivity index (χ1) is 10.1. The van der Waals surface area contributed by atoms with Gasteiger partial charge in [0.15, 0.2) is 11.5 Å². The van der Waals surface area contributed by atoms with Crippen LogP contribution in [0.25, 0.3) is 0 Å². The quantitative estimate of drug-likeness (QED) is 0.778.